The minimum Gasteiger partial charge on any atom is -0.439 e. The average Bonchev–Trinajstić information content (AvgIpc) is 2.37. The number of hydrogen-bond acceptors (Lipinski definition) is 4. The monoisotopic (exact) mass is 260 g/mol. The summed E-state index contributed by atoms with van der Waals surface area (Å²) in [5.41, 5.74) is 3.22. The molecule has 2 aromatic rings. The third kappa shape index (κ3) is 3.17. The topological polar surface area (TPSA) is 34.1 Å². The lowest BCUT2D eigenvalue weighted by molar-refractivity contribution is 0.461. The molecule has 1 N–H and O–H groups in total. The Morgan fingerprint density at radius 1 is 1.06 bits per heavy atom. The van der Waals surface area contributed by atoms with Crippen molar-refractivity contribution in [3.8, 4) is 11.6 Å². The molecule has 0 aliphatic carbocycles. The Hall–Kier alpha value is -1.68. The highest BCUT2D eigenvalue weighted by Crippen LogP contribution is 2.23. The van der Waals surface area contributed by atoms with Crippen molar-refractivity contribution in [3.63, 3.8) is 0 Å². The van der Waals surface area contributed by atoms with E-state index in [4.69, 9.17) is 4.74 Å². The number of ether oxygens (including phenoxy) is 1. The highest BCUT2D eigenvalue weighted by Gasteiger charge is 2.01. The van der Waals surface area contributed by atoms with Crippen molar-refractivity contribution in [1.82, 2.24) is 4.98 Å². The fourth-order valence-electron chi connectivity index (χ4n) is 1.49. The molecule has 0 amide bonds. The van der Waals surface area contributed by atoms with Gasteiger partial charge in [0.1, 0.15) is 5.75 Å². The van der Waals surface area contributed by atoms with Crippen LogP contribution in [0.5, 0.6) is 11.6 Å². The Balaban J connectivity index is 2.10. The molecule has 4 heteroatoms. The number of aromatic nitrogens is 1. The SMILES string of the molecule is CSNc1ccc(Oc2ccc(C)c(C)n2)cc1. The Bertz CT molecular complexity index is 526. The van der Waals surface area contributed by atoms with Crippen molar-refractivity contribution < 1.29 is 4.74 Å². The standard InChI is InChI=1S/C14H16N2OS/c1-10-4-9-14(15-11(10)2)17-13-7-5-12(6-8-13)16-18-3/h4-9,16H,1-3H3. The molecule has 0 saturated carbocycles. The van der Waals surface area contributed by atoms with Crippen LogP contribution in [0.15, 0.2) is 36.4 Å². The molecule has 0 bridgehead atoms. The third-order valence-electron chi connectivity index (χ3n) is 2.62. The molecule has 3 nitrogen and oxygen atoms in total. The predicted molar refractivity (Wildman–Crippen MR) is 77.4 cm³/mol. The smallest absolute Gasteiger partial charge is 0.219 e. The molecule has 0 spiro atoms. The van der Waals surface area contributed by atoms with Crippen LogP contribution in [0.4, 0.5) is 5.69 Å². The van der Waals surface area contributed by atoms with Crippen molar-refractivity contribution in [3.05, 3.63) is 47.7 Å². The van der Waals surface area contributed by atoms with Crippen molar-refractivity contribution >= 4 is 17.6 Å². The first-order chi connectivity index (χ1) is 8.69. The highest BCUT2D eigenvalue weighted by atomic mass is 32.2. The highest BCUT2D eigenvalue weighted by molar-refractivity contribution is 7.99. The Kier molecular flexibility index (Phi) is 4.10. The van der Waals surface area contributed by atoms with Gasteiger partial charge in [-0.3, -0.25) is 0 Å². The maximum atomic E-state index is 5.70. The number of benzene rings is 1. The summed E-state index contributed by atoms with van der Waals surface area (Å²) in [7, 11) is 0. The number of anilines is 1. The van der Waals surface area contributed by atoms with Gasteiger partial charge in [0.25, 0.3) is 0 Å². The molecule has 0 aliphatic heterocycles. The normalized spacial score (nSPS) is 10.2. The minimum absolute atomic E-state index is 0.628. The molecule has 1 heterocycles. The van der Waals surface area contributed by atoms with E-state index in [9.17, 15) is 0 Å². The largest absolute Gasteiger partial charge is 0.439 e. The second-order valence-corrected chi connectivity index (χ2v) is 4.60. The molecular formula is C14H16N2OS. The summed E-state index contributed by atoms with van der Waals surface area (Å²) >= 11 is 1.56. The quantitative estimate of drug-likeness (QED) is 0.836. The van der Waals surface area contributed by atoms with Crippen LogP contribution in [-0.4, -0.2) is 11.2 Å². The van der Waals surface area contributed by atoms with Crippen LogP contribution in [0.25, 0.3) is 0 Å². The first-order valence-corrected chi connectivity index (χ1v) is 6.92. The molecule has 1 aromatic carbocycles. The third-order valence-corrected chi connectivity index (χ3v) is 3.06. The van der Waals surface area contributed by atoms with Crippen LogP contribution in [0.1, 0.15) is 11.3 Å². The first-order valence-electron chi connectivity index (χ1n) is 5.70. The minimum atomic E-state index is 0.628. The van der Waals surface area contributed by atoms with Gasteiger partial charge in [-0.2, -0.15) is 0 Å². The summed E-state index contributed by atoms with van der Waals surface area (Å²) < 4.78 is 8.86. The lowest BCUT2D eigenvalue weighted by Gasteiger charge is -2.08. The van der Waals surface area contributed by atoms with Crippen LogP contribution in [-0.2, 0) is 0 Å². The van der Waals surface area contributed by atoms with Gasteiger partial charge >= 0.3 is 0 Å². The van der Waals surface area contributed by atoms with E-state index in [0.717, 1.165) is 17.1 Å². The van der Waals surface area contributed by atoms with Gasteiger partial charge in [-0.05, 0) is 43.7 Å². The van der Waals surface area contributed by atoms with Gasteiger partial charge in [0.2, 0.25) is 5.88 Å². The van der Waals surface area contributed by atoms with Crippen LogP contribution in [0.2, 0.25) is 0 Å². The molecule has 0 fully saturated rings. The molecule has 0 unspecified atom stereocenters. The number of hydrogen-bond donors (Lipinski definition) is 1. The van der Waals surface area contributed by atoms with Crippen LogP contribution < -0.4 is 9.46 Å². The van der Waals surface area contributed by atoms with Crippen LogP contribution in [0.3, 0.4) is 0 Å². The van der Waals surface area contributed by atoms with E-state index >= 15 is 0 Å². The number of rotatable bonds is 4. The molecule has 0 saturated heterocycles. The van der Waals surface area contributed by atoms with Gasteiger partial charge in [0, 0.05) is 23.7 Å². The van der Waals surface area contributed by atoms with Gasteiger partial charge in [-0.25, -0.2) is 4.98 Å². The van der Waals surface area contributed by atoms with Gasteiger partial charge < -0.3 is 9.46 Å². The lowest BCUT2D eigenvalue weighted by atomic mass is 10.2. The van der Waals surface area contributed by atoms with Crippen LogP contribution in [0, 0.1) is 13.8 Å². The lowest BCUT2D eigenvalue weighted by Crippen LogP contribution is -1.92. The van der Waals surface area contributed by atoms with Crippen LogP contribution >= 0.6 is 11.9 Å². The number of nitrogens with one attached hydrogen (secondary N) is 1. The van der Waals surface area contributed by atoms with Gasteiger partial charge in [0.05, 0.1) is 0 Å². The molecule has 18 heavy (non-hydrogen) atoms. The van der Waals surface area contributed by atoms with E-state index in [0.29, 0.717) is 5.88 Å². The zero-order chi connectivity index (χ0) is 13.0. The molecule has 2 rings (SSSR count). The Morgan fingerprint density at radius 2 is 1.78 bits per heavy atom. The number of nitrogens with zero attached hydrogens (tertiary/aromatic N) is 1. The first kappa shape index (κ1) is 12.8. The average molecular weight is 260 g/mol. The maximum absolute atomic E-state index is 5.70. The molecule has 0 radical (unpaired) electrons. The molecular weight excluding hydrogens is 244 g/mol. The van der Waals surface area contributed by atoms with E-state index in [-0.39, 0.29) is 0 Å². The molecule has 1 aromatic heterocycles. The summed E-state index contributed by atoms with van der Waals surface area (Å²) in [5, 5.41) is 0. The summed E-state index contributed by atoms with van der Waals surface area (Å²) in [6, 6.07) is 11.7. The van der Waals surface area contributed by atoms with Gasteiger partial charge in [0.15, 0.2) is 0 Å². The summed E-state index contributed by atoms with van der Waals surface area (Å²) in [6.07, 6.45) is 1.99. The fourth-order valence-corrected chi connectivity index (χ4v) is 1.87. The fraction of sp³-hybridized carbons (Fsp3) is 0.214. The second-order valence-electron chi connectivity index (χ2n) is 3.98. The van der Waals surface area contributed by atoms with E-state index in [1.165, 1.54) is 5.56 Å². The van der Waals surface area contributed by atoms with Crippen molar-refractivity contribution in [1.29, 1.82) is 0 Å². The zero-order valence-corrected chi connectivity index (χ0v) is 11.5. The Morgan fingerprint density at radius 3 is 2.39 bits per heavy atom. The Labute approximate surface area is 112 Å². The molecule has 0 aliphatic rings. The van der Waals surface area contributed by atoms with Crippen molar-refractivity contribution in [2.45, 2.75) is 13.8 Å². The molecule has 0 atom stereocenters. The van der Waals surface area contributed by atoms with Crippen molar-refractivity contribution in [2.24, 2.45) is 0 Å². The van der Waals surface area contributed by atoms with E-state index in [1.807, 2.05) is 56.5 Å². The van der Waals surface area contributed by atoms with E-state index in [1.54, 1.807) is 11.9 Å². The van der Waals surface area contributed by atoms with Gasteiger partial charge in [-0.15, -0.1) is 0 Å². The molecule has 94 valence electrons. The second kappa shape index (κ2) is 5.78. The predicted octanol–water partition coefficient (Wildman–Crippen LogP) is 4.18. The van der Waals surface area contributed by atoms with E-state index in [2.05, 4.69) is 9.71 Å². The summed E-state index contributed by atoms with van der Waals surface area (Å²) in [6.45, 7) is 4.02. The zero-order valence-electron chi connectivity index (χ0n) is 10.7. The van der Waals surface area contributed by atoms with E-state index < -0.39 is 0 Å². The number of aryl methyl sites for hydroxylation is 2. The maximum Gasteiger partial charge on any atom is 0.219 e. The van der Waals surface area contributed by atoms with Gasteiger partial charge in [-0.1, -0.05) is 18.0 Å². The summed E-state index contributed by atoms with van der Waals surface area (Å²) in [4.78, 5) is 4.38. The summed E-state index contributed by atoms with van der Waals surface area (Å²) in [5.74, 6) is 1.42. The number of pyridine rings is 1. The van der Waals surface area contributed by atoms with Crippen molar-refractivity contribution in [2.75, 3.05) is 11.0 Å².